The first-order valence-electron chi connectivity index (χ1n) is 2.38. The van der Waals surface area contributed by atoms with E-state index in [1.54, 1.807) is 0 Å². The summed E-state index contributed by atoms with van der Waals surface area (Å²) in [5, 5.41) is 8.83. The molecule has 0 saturated heterocycles. The normalized spacial score (nSPS) is 9.80. The third-order valence-corrected chi connectivity index (χ3v) is 1.84. The molecule has 0 saturated carbocycles. The molecule has 0 atom stereocenters. The summed E-state index contributed by atoms with van der Waals surface area (Å²) in [5.74, 6) is -0.462. The van der Waals surface area contributed by atoms with Gasteiger partial charge >= 0.3 is 0 Å². The lowest BCUT2D eigenvalue weighted by atomic mass is 10.4. The lowest BCUT2D eigenvalue weighted by molar-refractivity contribution is 0.467. The number of hydrogen-bond acceptors (Lipinski definition) is 2. The molecule has 0 aliphatic rings. The Morgan fingerprint density at radius 1 is 1.70 bits per heavy atom. The number of aromatic amines is 1. The summed E-state index contributed by atoms with van der Waals surface area (Å²) >= 11 is 8.28. The van der Waals surface area contributed by atoms with Crippen molar-refractivity contribution in [2.45, 2.75) is 0 Å². The monoisotopic (exact) mass is 223 g/mol. The molecule has 0 aliphatic carbocycles. The second-order valence-corrected chi connectivity index (χ2v) is 2.86. The molecule has 10 heavy (non-hydrogen) atoms. The van der Waals surface area contributed by atoms with E-state index in [4.69, 9.17) is 16.7 Å². The van der Waals surface area contributed by atoms with Crippen LogP contribution in [0.25, 0.3) is 0 Å². The Kier molecular flexibility index (Phi) is 2.01. The van der Waals surface area contributed by atoms with Gasteiger partial charge in [0.05, 0.1) is 4.47 Å². The fourth-order valence-electron chi connectivity index (χ4n) is 0.473. The average Bonchev–Trinajstić information content (AvgIpc) is 1.93. The summed E-state index contributed by atoms with van der Waals surface area (Å²) in [4.78, 5) is 13.3. The van der Waals surface area contributed by atoms with E-state index in [9.17, 15) is 4.79 Å². The summed E-state index contributed by atoms with van der Waals surface area (Å²) in [6, 6.07) is 0. The van der Waals surface area contributed by atoms with E-state index in [1.165, 1.54) is 6.20 Å². The molecule has 0 unspecified atom stereocenters. The Bertz CT molecular complexity index is 309. The zero-order valence-corrected chi connectivity index (χ0v) is 7.03. The number of hydrogen-bond donors (Lipinski definition) is 2. The first-order valence-corrected chi connectivity index (χ1v) is 3.55. The molecular weight excluding hydrogens is 221 g/mol. The quantitative estimate of drug-likeness (QED) is 0.656. The van der Waals surface area contributed by atoms with E-state index in [1.807, 2.05) is 0 Å². The predicted molar refractivity (Wildman–Crippen MR) is 41.4 cm³/mol. The van der Waals surface area contributed by atoms with Crippen molar-refractivity contribution in [3.8, 4) is 5.75 Å². The lowest BCUT2D eigenvalue weighted by Crippen LogP contribution is -2.01. The number of aromatic nitrogens is 1. The van der Waals surface area contributed by atoms with Crippen LogP contribution in [0.2, 0.25) is 5.15 Å². The maximum absolute atomic E-state index is 10.8. The SMILES string of the molecule is O=c1c(Br)c[nH]c(Cl)c1O. The molecule has 0 fully saturated rings. The van der Waals surface area contributed by atoms with E-state index < -0.39 is 11.2 Å². The first kappa shape index (κ1) is 7.63. The van der Waals surface area contributed by atoms with Gasteiger partial charge in [-0.05, 0) is 15.9 Å². The van der Waals surface area contributed by atoms with Crippen molar-refractivity contribution in [3.05, 3.63) is 26.0 Å². The van der Waals surface area contributed by atoms with Gasteiger partial charge in [0.1, 0.15) is 0 Å². The molecule has 1 heterocycles. The molecule has 2 N–H and O–H groups in total. The van der Waals surface area contributed by atoms with Gasteiger partial charge in [0.15, 0.2) is 5.15 Å². The highest BCUT2D eigenvalue weighted by Gasteiger charge is 2.04. The van der Waals surface area contributed by atoms with Crippen LogP contribution in [0.15, 0.2) is 15.5 Å². The maximum atomic E-state index is 10.8. The molecule has 0 radical (unpaired) electrons. The molecule has 54 valence electrons. The van der Waals surface area contributed by atoms with Crippen LogP contribution in [0.1, 0.15) is 0 Å². The van der Waals surface area contributed by atoms with Gasteiger partial charge in [-0.25, -0.2) is 0 Å². The van der Waals surface area contributed by atoms with E-state index in [2.05, 4.69) is 20.9 Å². The van der Waals surface area contributed by atoms with Gasteiger partial charge in [-0.3, -0.25) is 4.79 Å². The largest absolute Gasteiger partial charge is 0.502 e. The fraction of sp³-hybridized carbons (Fsp3) is 0. The van der Waals surface area contributed by atoms with Gasteiger partial charge in [0, 0.05) is 6.20 Å². The molecule has 1 aromatic rings. The number of halogens is 2. The summed E-state index contributed by atoms with van der Waals surface area (Å²) in [6.07, 6.45) is 1.37. The van der Waals surface area contributed by atoms with E-state index in [-0.39, 0.29) is 9.63 Å². The summed E-state index contributed by atoms with van der Waals surface area (Å²) in [7, 11) is 0. The standard InChI is InChI=1S/C5H3BrClNO2/c6-2-1-8-5(7)4(10)3(2)9/h1,10H,(H,8,9). The lowest BCUT2D eigenvalue weighted by Gasteiger charge is -1.94. The molecule has 1 rings (SSSR count). The van der Waals surface area contributed by atoms with E-state index in [0.29, 0.717) is 0 Å². The van der Waals surface area contributed by atoms with Crippen molar-refractivity contribution >= 4 is 27.5 Å². The number of H-pyrrole nitrogens is 1. The number of aromatic hydroxyl groups is 1. The maximum Gasteiger partial charge on any atom is 0.238 e. The predicted octanol–water partition coefficient (Wildman–Crippen LogP) is 1.50. The molecule has 0 aromatic carbocycles. The Balaban J connectivity index is 3.50. The van der Waals surface area contributed by atoms with Gasteiger partial charge < -0.3 is 10.1 Å². The second kappa shape index (κ2) is 2.64. The highest BCUT2D eigenvalue weighted by molar-refractivity contribution is 9.10. The van der Waals surface area contributed by atoms with E-state index >= 15 is 0 Å². The Labute approximate surface area is 69.8 Å². The minimum atomic E-state index is -0.510. The Morgan fingerprint density at radius 3 is 2.80 bits per heavy atom. The van der Waals surface area contributed by atoms with Crippen molar-refractivity contribution in [2.24, 2.45) is 0 Å². The van der Waals surface area contributed by atoms with Crippen LogP contribution in [0.5, 0.6) is 5.75 Å². The minimum Gasteiger partial charge on any atom is -0.502 e. The molecule has 5 heteroatoms. The van der Waals surface area contributed by atoms with E-state index in [0.717, 1.165) is 0 Å². The van der Waals surface area contributed by atoms with Gasteiger partial charge in [-0.2, -0.15) is 0 Å². The molecular formula is C5H3BrClNO2. The van der Waals surface area contributed by atoms with Crippen molar-refractivity contribution in [2.75, 3.05) is 0 Å². The van der Waals surface area contributed by atoms with Crippen molar-refractivity contribution in [3.63, 3.8) is 0 Å². The summed E-state index contributed by atoms with van der Waals surface area (Å²) < 4.78 is 0.259. The number of pyridine rings is 1. The van der Waals surface area contributed by atoms with Crippen LogP contribution in [-0.4, -0.2) is 10.1 Å². The van der Waals surface area contributed by atoms with Gasteiger partial charge in [-0.15, -0.1) is 0 Å². The number of rotatable bonds is 0. The topological polar surface area (TPSA) is 53.1 Å². The second-order valence-electron chi connectivity index (χ2n) is 1.63. The van der Waals surface area contributed by atoms with Gasteiger partial charge in [-0.1, -0.05) is 11.6 Å². The van der Waals surface area contributed by atoms with Crippen LogP contribution in [-0.2, 0) is 0 Å². The smallest absolute Gasteiger partial charge is 0.238 e. The molecule has 1 aromatic heterocycles. The Hall–Kier alpha value is -0.480. The summed E-state index contributed by atoms with van der Waals surface area (Å²) in [5.41, 5.74) is -0.510. The van der Waals surface area contributed by atoms with Crippen LogP contribution >= 0.6 is 27.5 Å². The van der Waals surface area contributed by atoms with Crippen LogP contribution in [0.3, 0.4) is 0 Å². The fourth-order valence-corrected chi connectivity index (χ4v) is 0.916. The highest BCUT2D eigenvalue weighted by atomic mass is 79.9. The van der Waals surface area contributed by atoms with Crippen molar-refractivity contribution in [1.82, 2.24) is 4.98 Å². The molecule has 3 nitrogen and oxygen atoms in total. The summed E-state index contributed by atoms with van der Waals surface area (Å²) in [6.45, 7) is 0. The molecule has 0 amide bonds. The van der Waals surface area contributed by atoms with Crippen LogP contribution < -0.4 is 5.43 Å². The number of nitrogens with one attached hydrogen (secondary N) is 1. The van der Waals surface area contributed by atoms with Gasteiger partial charge in [0.2, 0.25) is 11.2 Å². The molecule has 0 aliphatic heterocycles. The Morgan fingerprint density at radius 2 is 2.30 bits per heavy atom. The minimum absolute atomic E-state index is 0.0480. The molecule has 0 bridgehead atoms. The molecule has 0 spiro atoms. The van der Waals surface area contributed by atoms with Crippen LogP contribution in [0.4, 0.5) is 0 Å². The first-order chi connectivity index (χ1) is 4.63. The zero-order valence-electron chi connectivity index (χ0n) is 4.69. The van der Waals surface area contributed by atoms with Crippen molar-refractivity contribution < 1.29 is 5.11 Å². The average molecular weight is 224 g/mol. The zero-order chi connectivity index (χ0) is 7.72. The van der Waals surface area contributed by atoms with Crippen LogP contribution in [0, 0.1) is 0 Å². The highest BCUT2D eigenvalue weighted by Crippen LogP contribution is 2.16. The van der Waals surface area contributed by atoms with Crippen molar-refractivity contribution in [1.29, 1.82) is 0 Å². The third kappa shape index (κ3) is 1.17. The van der Waals surface area contributed by atoms with Gasteiger partial charge in [0.25, 0.3) is 0 Å². The third-order valence-electron chi connectivity index (χ3n) is 0.966.